The Kier molecular flexibility index (Phi) is 4.27. The average Bonchev–Trinajstić information content (AvgIpc) is 2.98. The molecule has 0 radical (unpaired) electrons. The summed E-state index contributed by atoms with van der Waals surface area (Å²) in [4.78, 5) is 18.1. The number of hydrogen-bond donors (Lipinski definition) is 0. The van der Waals surface area contributed by atoms with E-state index in [1.807, 2.05) is 42.6 Å². The molecule has 3 aromatic rings. The summed E-state index contributed by atoms with van der Waals surface area (Å²) < 4.78 is 1.64. The molecule has 110 valence electrons. The molecule has 1 aromatic carbocycles. The fourth-order valence-electron chi connectivity index (χ4n) is 2.32. The second-order valence-corrected chi connectivity index (χ2v) is 6.39. The van der Waals surface area contributed by atoms with E-state index in [0.717, 1.165) is 16.0 Å². The summed E-state index contributed by atoms with van der Waals surface area (Å²) in [5.74, 6) is 0.287. The van der Waals surface area contributed by atoms with Crippen molar-refractivity contribution in [3.8, 4) is 17.2 Å². The van der Waals surface area contributed by atoms with E-state index in [9.17, 15) is 4.79 Å². The first kappa shape index (κ1) is 14.8. The molecular formula is C16H13N3OS2. The standard InChI is InChI=1S/C16H13N3OS2/c1-2-19-15(20)13-12(11-6-4-3-5-7-11)10-22-14(13)18-16(19)21-9-8-17/h3-7,10H,2,9H2,1H3. The SMILES string of the molecule is CCn1c(SCC#N)nc2scc(-c3ccccc3)c2c1=O. The van der Waals surface area contributed by atoms with Crippen LogP contribution >= 0.6 is 23.1 Å². The van der Waals surface area contributed by atoms with Gasteiger partial charge in [-0.25, -0.2) is 4.98 Å². The van der Waals surface area contributed by atoms with Crippen LogP contribution in [0, 0.1) is 11.3 Å². The molecule has 0 aliphatic rings. The van der Waals surface area contributed by atoms with Crippen molar-refractivity contribution in [3.63, 3.8) is 0 Å². The van der Waals surface area contributed by atoms with E-state index >= 15 is 0 Å². The monoisotopic (exact) mass is 327 g/mol. The largest absolute Gasteiger partial charge is 0.287 e. The Morgan fingerprint density at radius 3 is 2.82 bits per heavy atom. The highest BCUT2D eigenvalue weighted by Gasteiger charge is 2.16. The minimum atomic E-state index is -0.0342. The van der Waals surface area contributed by atoms with Crippen LogP contribution in [0.1, 0.15) is 6.92 Å². The highest BCUT2D eigenvalue weighted by atomic mass is 32.2. The van der Waals surface area contributed by atoms with Crippen LogP contribution in [0.5, 0.6) is 0 Å². The van der Waals surface area contributed by atoms with E-state index in [1.54, 1.807) is 4.57 Å². The van der Waals surface area contributed by atoms with E-state index in [4.69, 9.17) is 5.26 Å². The number of nitrogens with zero attached hydrogens (tertiary/aromatic N) is 3. The van der Waals surface area contributed by atoms with Crippen LogP contribution < -0.4 is 5.56 Å². The second kappa shape index (κ2) is 6.34. The van der Waals surface area contributed by atoms with Gasteiger partial charge in [-0.2, -0.15) is 5.26 Å². The topological polar surface area (TPSA) is 58.7 Å². The molecule has 2 aromatic heterocycles. The van der Waals surface area contributed by atoms with Gasteiger partial charge in [-0.3, -0.25) is 9.36 Å². The van der Waals surface area contributed by atoms with Gasteiger partial charge in [0, 0.05) is 17.5 Å². The Balaban J connectivity index is 2.24. The molecule has 0 atom stereocenters. The predicted octanol–water partition coefficient (Wildman–Crippen LogP) is 3.76. The highest BCUT2D eigenvalue weighted by molar-refractivity contribution is 7.99. The number of benzene rings is 1. The first-order valence-corrected chi connectivity index (χ1v) is 8.70. The number of nitriles is 1. The Bertz CT molecular complexity index is 907. The van der Waals surface area contributed by atoms with Crippen LogP contribution in [0.2, 0.25) is 0 Å². The molecule has 0 saturated heterocycles. The molecule has 22 heavy (non-hydrogen) atoms. The van der Waals surface area contributed by atoms with Crippen LogP contribution in [-0.2, 0) is 6.54 Å². The maximum absolute atomic E-state index is 12.8. The zero-order chi connectivity index (χ0) is 15.5. The Labute approximate surface area is 136 Å². The van der Waals surface area contributed by atoms with Crippen LogP contribution in [0.25, 0.3) is 21.3 Å². The quantitative estimate of drug-likeness (QED) is 0.541. The maximum atomic E-state index is 12.8. The Hall–Kier alpha value is -2.10. The van der Waals surface area contributed by atoms with Crippen molar-refractivity contribution >= 4 is 33.3 Å². The fraction of sp³-hybridized carbons (Fsp3) is 0.188. The van der Waals surface area contributed by atoms with Crippen LogP contribution in [0.3, 0.4) is 0 Å². The van der Waals surface area contributed by atoms with Crippen molar-refractivity contribution in [1.29, 1.82) is 5.26 Å². The van der Waals surface area contributed by atoms with Gasteiger partial charge < -0.3 is 0 Å². The summed E-state index contributed by atoms with van der Waals surface area (Å²) in [5.41, 5.74) is 1.91. The van der Waals surface area contributed by atoms with Crippen LogP contribution in [0.4, 0.5) is 0 Å². The molecule has 0 aliphatic heterocycles. The molecule has 0 N–H and O–H groups in total. The van der Waals surface area contributed by atoms with Gasteiger partial charge in [0.25, 0.3) is 5.56 Å². The van der Waals surface area contributed by atoms with Crippen molar-refractivity contribution in [2.75, 3.05) is 5.75 Å². The third-order valence-corrected chi connectivity index (χ3v) is 5.04. The molecule has 4 nitrogen and oxygen atoms in total. The lowest BCUT2D eigenvalue weighted by molar-refractivity contribution is 0.636. The second-order valence-electron chi connectivity index (χ2n) is 4.59. The molecule has 2 heterocycles. The summed E-state index contributed by atoms with van der Waals surface area (Å²) in [7, 11) is 0. The van der Waals surface area contributed by atoms with Crippen molar-refractivity contribution in [2.45, 2.75) is 18.6 Å². The van der Waals surface area contributed by atoms with Gasteiger partial charge in [0.05, 0.1) is 17.2 Å². The molecular weight excluding hydrogens is 314 g/mol. The summed E-state index contributed by atoms with van der Waals surface area (Å²) in [5, 5.41) is 12.0. The van der Waals surface area contributed by atoms with Crippen LogP contribution in [0.15, 0.2) is 45.7 Å². The molecule has 0 amide bonds. The third kappa shape index (κ3) is 2.54. The van der Waals surface area contributed by atoms with Crippen molar-refractivity contribution in [1.82, 2.24) is 9.55 Å². The van der Waals surface area contributed by atoms with Gasteiger partial charge in [0.1, 0.15) is 4.83 Å². The Morgan fingerprint density at radius 1 is 1.36 bits per heavy atom. The van der Waals surface area contributed by atoms with E-state index in [-0.39, 0.29) is 11.3 Å². The average molecular weight is 327 g/mol. The van der Waals surface area contributed by atoms with Crippen molar-refractivity contribution < 1.29 is 0 Å². The van der Waals surface area contributed by atoms with Gasteiger partial charge in [-0.05, 0) is 12.5 Å². The van der Waals surface area contributed by atoms with Gasteiger partial charge in [-0.1, -0.05) is 42.1 Å². The first-order valence-electron chi connectivity index (χ1n) is 6.83. The molecule has 0 saturated carbocycles. The smallest absolute Gasteiger partial charge is 0.263 e. The normalized spacial score (nSPS) is 10.7. The third-order valence-electron chi connectivity index (χ3n) is 3.33. The van der Waals surface area contributed by atoms with E-state index in [1.165, 1.54) is 23.1 Å². The van der Waals surface area contributed by atoms with Crippen molar-refractivity contribution in [2.24, 2.45) is 0 Å². The number of thiophene rings is 1. The maximum Gasteiger partial charge on any atom is 0.263 e. The van der Waals surface area contributed by atoms with Gasteiger partial charge in [-0.15, -0.1) is 11.3 Å². The lowest BCUT2D eigenvalue weighted by atomic mass is 10.1. The number of aromatic nitrogens is 2. The molecule has 6 heteroatoms. The van der Waals surface area contributed by atoms with Gasteiger partial charge in [0.15, 0.2) is 5.16 Å². The summed E-state index contributed by atoms with van der Waals surface area (Å²) in [6.45, 7) is 2.46. The molecule has 0 spiro atoms. The summed E-state index contributed by atoms with van der Waals surface area (Å²) in [6, 6.07) is 11.9. The minimum Gasteiger partial charge on any atom is -0.287 e. The molecule has 3 rings (SSSR count). The zero-order valence-corrected chi connectivity index (χ0v) is 13.6. The fourth-order valence-corrected chi connectivity index (χ4v) is 4.03. The molecule has 0 unspecified atom stereocenters. The molecule has 0 aliphatic carbocycles. The zero-order valence-electron chi connectivity index (χ0n) is 11.9. The highest BCUT2D eigenvalue weighted by Crippen LogP contribution is 2.31. The van der Waals surface area contributed by atoms with Crippen LogP contribution in [-0.4, -0.2) is 15.3 Å². The first-order chi connectivity index (χ1) is 10.8. The van der Waals surface area contributed by atoms with E-state index in [0.29, 0.717) is 17.1 Å². The van der Waals surface area contributed by atoms with E-state index in [2.05, 4.69) is 11.1 Å². The number of fused-ring (bicyclic) bond motifs is 1. The molecule has 0 bridgehead atoms. The molecule has 0 fully saturated rings. The number of rotatable bonds is 4. The Morgan fingerprint density at radius 2 is 2.14 bits per heavy atom. The lowest BCUT2D eigenvalue weighted by Crippen LogP contribution is -2.22. The number of thioether (sulfide) groups is 1. The van der Waals surface area contributed by atoms with Crippen molar-refractivity contribution in [3.05, 3.63) is 46.1 Å². The van der Waals surface area contributed by atoms with Gasteiger partial charge >= 0.3 is 0 Å². The van der Waals surface area contributed by atoms with Gasteiger partial charge in [0.2, 0.25) is 0 Å². The number of hydrogen-bond acceptors (Lipinski definition) is 5. The lowest BCUT2D eigenvalue weighted by Gasteiger charge is -2.09. The summed E-state index contributed by atoms with van der Waals surface area (Å²) in [6.07, 6.45) is 0. The summed E-state index contributed by atoms with van der Waals surface area (Å²) >= 11 is 2.77. The van der Waals surface area contributed by atoms with E-state index < -0.39 is 0 Å². The predicted molar refractivity (Wildman–Crippen MR) is 91.3 cm³/mol. The minimum absolute atomic E-state index is 0.0342.